The van der Waals surface area contributed by atoms with Gasteiger partial charge in [0.05, 0.1) is 24.6 Å². The van der Waals surface area contributed by atoms with Gasteiger partial charge in [0.15, 0.2) is 0 Å². The van der Waals surface area contributed by atoms with Crippen LogP contribution in [0.3, 0.4) is 0 Å². The second-order valence-electron chi connectivity index (χ2n) is 4.49. The topological polar surface area (TPSA) is 42.4 Å². The normalized spacial score (nSPS) is 19.4. The molecule has 1 amide bonds. The van der Waals surface area contributed by atoms with Crippen LogP contribution in [0.25, 0.3) is 0 Å². The molecule has 0 saturated carbocycles. The monoisotopic (exact) mass is 288 g/mol. The molecule has 1 atom stereocenters. The summed E-state index contributed by atoms with van der Waals surface area (Å²) in [6.07, 6.45) is 1.42. The molecule has 1 aliphatic heterocycles. The highest BCUT2D eigenvalue weighted by Gasteiger charge is 2.26. The van der Waals surface area contributed by atoms with Gasteiger partial charge >= 0.3 is 0 Å². The molecule has 4 nitrogen and oxygen atoms in total. The Balaban J connectivity index is 1.85. The van der Waals surface area contributed by atoms with Gasteiger partial charge in [0, 0.05) is 31.5 Å². The highest BCUT2D eigenvalue weighted by atomic mass is 35.5. The molecule has 0 spiro atoms. The van der Waals surface area contributed by atoms with Crippen LogP contribution in [0.1, 0.15) is 17.1 Å². The summed E-state index contributed by atoms with van der Waals surface area (Å²) in [4.78, 5) is 18.3. The number of thiazole rings is 1. The first kappa shape index (κ1) is 13.8. The highest BCUT2D eigenvalue weighted by molar-refractivity contribution is 7.09. The number of nitrogens with zero attached hydrogens (tertiary/aromatic N) is 2. The van der Waals surface area contributed by atoms with Crippen molar-refractivity contribution < 1.29 is 9.53 Å². The summed E-state index contributed by atoms with van der Waals surface area (Å²) < 4.78 is 5.13. The Morgan fingerprint density at radius 1 is 1.72 bits per heavy atom. The molecule has 18 heavy (non-hydrogen) atoms. The number of aromatic nitrogens is 1. The lowest BCUT2D eigenvalue weighted by Gasteiger charge is -2.15. The van der Waals surface area contributed by atoms with Gasteiger partial charge in [-0.3, -0.25) is 4.79 Å². The highest BCUT2D eigenvalue weighted by Crippen LogP contribution is 2.19. The fourth-order valence-corrected chi connectivity index (χ4v) is 3.18. The number of hydrogen-bond donors (Lipinski definition) is 0. The molecule has 6 heteroatoms. The molecular formula is C12H17ClN2O2S. The number of carbonyl (C=O) groups is 1. The van der Waals surface area contributed by atoms with E-state index in [-0.39, 0.29) is 5.91 Å². The smallest absolute Gasteiger partial charge is 0.229 e. The molecule has 0 aliphatic carbocycles. The number of methoxy groups -OCH3 is 1. The van der Waals surface area contributed by atoms with Crippen LogP contribution < -0.4 is 0 Å². The molecule has 0 bridgehead atoms. The summed E-state index contributed by atoms with van der Waals surface area (Å²) >= 11 is 7.20. The molecule has 0 radical (unpaired) electrons. The number of halogens is 1. The van der Waals surface area contributed by atoms with Crippen molar-refractivity contribution in [3.05, 3.63) is 16.1 Å². The summed E-state index contributed by atoms with van der Waals surface area (Å²) in [5.41, 5.74) is 0.850. The second-order valence-corrected chi connectivity index (χ2v) is 5.70. The van der Waals surface area contributed by atoms with Gasteiger partial charge in [-0.25, -0.2) is 4.98 Å². The van der Waals surface area contributed by atoms with Gasteiger partial charge in [-0.1, -0.05) is 0 Å². The van der Waals surface area contributed by atoms with Gasteiger partial charge in [-0.05, 0) is 6.42 Å². The Morgan fingerprint density at radius 2 is 2.56 bits per heavy atom. The summed E-state index contributed by atoms with van der Waals surface area (Å²) in [5, 5.41) is 2.76. The third kappa shape index (κ3) is 3.43. The van der Waals surface area contributed by atoms with Gasteiger partial charge in [0.2, 0.25) is 5.91 Å². The van der Waals surface area contributed by atoms with Gasteiger partial charge in [-0.15, -0.1) is 22.9 Å². The molecule has 100 valence electrons. The van der Waals surface area contributed by atoms with E-state index < -0.39 is 0 Å². The molecule has 0 N–H and O–H groups in total. The van der Waals surface area contributed by atoms with Crippen molar-refractivity contribution >= 4 is 28.8 Å². The van der Waals surface area contributed by atoms with E-state index in [4.69, 9.17) is 16.3 Å². The van der Waals surface area contributed by atoms with E-state index in [1.54, 1.807) is 7.11 Å². The summed E-state index contributed by atoms with van der Waals surface area (Å²) in [6, 6.07) is 0. The Hall–Kier alpha value is -0.650. The molecule has 2 heterocycles. The predicted molar refractivity (Wildman–Crippen MR) is 71.9 cm³/mol. The van der Waals surface area contributed by atoms with Crippen molar-refractivity contribution in [1.29, 1.82) is 0 Å². The van der Waals surface area contributed by atoms with Crippen LogP contribution in [0.15, 0.2) is 5.38 Å². The molecule has 1 fully saturated rings. The maximum Gasteiger partial charge on any atom is 0.229 e. The zero-order valence-corrected chi connectivity index (χ0v) is 12.0. The van der Waals surface area contributed by atoms with Crippen LogP contribution in [0.5, 0.6) is 0 Å². The van der Waals surface area contributed by atoms with Crippen LogP contribution in [-0.4, -0.2) is 42.6 Å². The SMILES string of the molecule is COCC1CCN(C(=O)Cc2nc(CCl)cs2)C1. The quantitative estimate of drug-likeness (QED) is 0.778. The largest absolute Gasteiger partial charge is 0.384 e. The van der Waals surface area contributed by atoms with Gasteiger partial charge in [-0.2, -0.15) is 0 Å². The van der Waals surface area contributed by atoms with E-state index in [1.807, 2.05) is 10.3 Å². The zero-order chi connectivity index (χ0) is 13.0. The van der Waals surface area contributed by atoms with Crippen molar-refractivity contribution in [2.24, 2.45) is 5.92 Å². The van der Waals surface area contributed by atoms with E-state index in [2.05, 4.69) is 4.98 Å². The van der Waals surface area contributed by atoms with Crippen LogP contribution in [0, 0.1) is 5.92 Å². The Bertz CT molecular complexity index is 411. The van der Waals surface area contributed by atoms with E-state index in [1.165, 1.54) is 11.3 Å². The minimum atomic E-state index is 0.157. The first-order valence-electron chi connectivity index (χ1n) is 5.99. The van der Waals surface area contributed by atoms with Gasteiger partial charge in [0.1, 0.15) is 5.01 Å². The third-order valence-electron chi connectivity index (χ3n) is 3.08. The summed E-state index contributed by atoms with van der Waals surface area (Å²) in [6.45, 7) is 2.37. The van der Waals surface area contributed by atoms with Crippen molar-refractivity contribution in [2.75, 3.05) is 26.8 Å². The molecule has 1 aromatic rings. The Morgan fingerprint density at radius 3 is 3.22 bits per heavy atom. The predicted octanol–water partition coefficient (Wildman–Crippen LogP) is 1.92. The number of carbonyl (C=O) groups excluding carboxylic acids is 1. The Kier molecular flexibility index (Phi) is 4.97. The van der Waals surface area contributed by atoms with E-state index in [9.17, 15) is 4.79 Å². The summed E-state index contributed by atoms with van der Waals surface area (Å²) in [5.74, 6) is 1.04. The fourth-order valence-electron chi connectivity index (χ4n) is 2.16. The molecule has 1 unspecified atom stereocenters. The lowest BCUT2D eigenvalue weighted by atomic mass is 10.1. The first-order chi connectivity index (χ1) is 8.72. The summed E-state index contributed by atoms with van der Waals surface area (Å²) in [7, 11) is 1.70. The molecule has 1 saturated heterocycles. The standard InChI is InChI=1S/C12H17ClN2O2S/c1-17-7-9-2-3-15(6-9)12(16)4-11-14-10(5-13)8-18-11/h8-9H,2-7H2,1H3. The third-order valence-corrected chi connectivity index (χ3v) is 4.25. The van der Waals surface area contributed by atoms with Crippen molar-refractivity contribution in [1.82, 2.24) is 9.88 Å². The maximum absolute atomic E-state index is 12.1. The zero-order valence-electron chi connectivity index (χ0n) is 10.4. The van der Waals surface area contributed by atoms with Gasteiger partial charge in [0.25, 0.3) is 0 Å². The van der Waals surface area contributed by atoms with Gasteiger partial charge < -0.3 is 9.64 Å². The first-order valence-corrected chi connectivity index (χ1v) is 7.40. The van der Waals surface area contributed by atoms with Crippen LogP contribution in [-0.2, 0) is 21.8 Å². The van der Waals surface area contributed by atoms with E-state index in [0.29, 0.717) is 18.2 Å². The van der Waals surface area contributed by atoms with Crippen LogP contribution in [0.2, 0.25) is 0 Å². The number of rotatable bonds is 5. The fraction of sp³-hybridized carbons (Fsp3) is 0.667. The van der Waals surface area contributed by atoms with Crippen LogP contribution >= 0.6 is 22.9 Å². The molecule has 0 aromatic carbocycles. The van der Waals surface area contributed by atoms with E-state index >= 15 is 0 Å². The average molecular weight is 289 g/mol. The molecular weight excluding hydrogens is 272 g/mol. The van der Waals surface area contributed by atoms with Crippen LogP contribution in [0.4, 0.5) is 0 Å². The van der Waals surface area contributed by atoms with Crippen molar-refractivity contribution in [2.45, 2.75) is 18.7 Å². The minimum Gasteiger partial charge on any atom is -0.384 e. The number of hydrogen-bond acceptors (Lipinski definition) is 4. The maximum atomic E-state index is 12.1. The number of ether oxygens (including phenoxy) is 1. The lowest BCUT2D eigenvalue weighted by molar-refractivity contribution is -0.129. The number of amides is 1. The second kappa shape index (κ2) is 6.50. The lowest BCUT2D eigenvalue weighted by Crippen LogP contribution is -2.30. The molecule has 1 aromatic heterocycles. The molecule has 1 aliphatic rings. The minimum absolute atomic E-state index is 0.157. The number of likely N-dealkylation sites (tertiary alicyclic amines) is 1. The van der Waals surface area contributed by atoms with E-state index in [0.717, 1.165) is 36.8 Å². The number of alkyl halides is 1. The molecule has 2 rings (SSSR count). The van der Waals surface area contributed by atoms with Crippen molar-refractivity contribution in [3.63, 3.8) is 0 Å². The average Bonchev–Trinajstić information content (AvgIpc) is 2.98. The Labute approximate surface area is 116 Å². The van der Waals surface area contributed by atoms with Crippen molar-refractivity contribution in [3.8, 4) is 0 Å².